The molecular weight excluding hydrogens is 247 g/mol. The Morgan fingerprint density at radius 1 is 0.684 bits per heavy atom. The van der Waals surface area contributed by atoms with Crippen LogP contribution in [0.15, 0.2) is 86.0 Å². The molecule has 0 amide bonds. The summed E-state index contributed by atoms with van der Waals surface area (Å²) in [5.74, 6) is 0. The predicted octanol–water partition coefficient (Wildman–Crippen LogP) is 4.03. The minimum absolute atomic E-state index is 1.02. The van der Waals surface area contributed by atoms with Gasteiger partial charge >= 0.3 is 0 Å². The van der Waals surface area contributed by atoms with Crippen LogP contribution >= 0.6 is 7.26 Å². The average molecular weight is 267 g/mol. The van der Waals surface area contributed by atoms with Crippen molar-refractivity contribution in [1.29, 1.82) is 0 Å². The molecule has 1 heteroatoms. The van der Waals surface area contributed by atoms with Crippen LogP contribution in [0.1, 0.15) is 0 Å². The standard InChI is InChI=1S/C18H20P/c1-3-15-19(16-4-2,17-11-7-5-8-12-17)18-13-9-6-10-14-18/h3-14H,1-2,15-16H2/q+1. The number of benzene rings is 2. The number of hydrogen-bond acceptors (Lipinski definition) is 0. The molecule has 19 heavy (non-hydrogen) atoms. The molecule has 0 nitrogen and oxygen atoms in total. The molecule has 0 atom stereocenters. The van der Waals surface area contributed by atoms with Gasteiger partial charge < -0.3 is 0 Å². The van der Waals surface area contributed by atoms with Gasteiger partial charge in [0.05, 0.1) is 30.2 Å². The highest BCUT2D eigenvalue weighted by Crippen LogP contribution is 2.56. The summed E-state index contributed by atoms with van der Waals surface area (Å²) < 4.78 is 0. The van der Waals surface area contributed by atoms with E-state index in [1.807, 2.05) is 0 Å². The summed E-state index contributed by atoms with van der Waals surface area (Å²) in [6.45, 7) is 7.94. The van der Waals surface area contributed by atoms with E-state index in [1.165, 1.54) is 10.6 Å². The first kappa shape index (κ1) is 13.8. The van der Waals surface area contributed by atoms with Crippen LogP contribution in [0.2, 0.25) is 0 Å². The van der Waals surface area contributed by atoms with Gasteiger partial charge in [-0.2, -0.15) is 0 Å². The largest absolute Gasteiger partial charge is 0.0998 e. The molecule has 0 heterocycles. The topological polar surface area (TPSA) is 0 Å². The van der Waals surface area contributed by atoms with Gasteiger partial charge in [0.1, 0.15) is 0 Å². The molecule has 0 aliphatic heterocycles. The van der Waals surface area contributed by atoms with Gasteiger partial charge in [-0.3, -0.25) is 0 Å². The van der Waals surface area contributed by atoms with Gasteiger partial charge in [-0.1, -0.05) is 61.7 Å². The molecular formula is C18H20P+. The second-order valence-electron chi connectivity index (χ2n) is 4.58. The first-order chi connectivity index (χ1) is 9.33. The van der Waals surface area contributed by atoms with Crippen molar-refractivity contribution in [2.75, 3.05) is 12.3 Å². The second kappa shape index (κ2) is 6.50. The normalized spacial score (nSPS) is 10.9. The van der Waals surface area contributed by atoms with E-state index >= 15 is 0 Å². The van der Waals surface area contributed by atoms with E-state index in [4.69, 9.17) is 0 Å². The zero-order valence-corrected chi connectivity index (χ0v) is 12.1. The van der Waals surface area contributed by atoms with Gasteiger partial charge in [-0.05, 0) is 24.3 Å². The summed E-state index contributed by atoms with van der Waals surface area (Å²) in [6.07, 6.45) is 6.15. The summed E-state index contributed by atoms with van der Waals surface area (Å²) in [6, 6.07) is 21.6. The number of rotatable bonds is 6. The lowest BCUT2D eigenvalue weighted by Gasteiger charge is -2.25. The Hall–Kier alpha value is -1.65. The van der Waals surface area contributed by atoms with Crippen LogP contribution in [0, 0.1) is 0 Å². The molecule has 0 radical (unpaired) electrons. The van der Waals surface area contributed by atoms with Crippen molar-refractivity contribution >= 4 is 17.9 Å². The van der Waals surface area contributed by atoms with Crippen molar-refractivity contribution in [3.8, 4) is 0 Å². The minimum Gasteiger partial charge on any atom is -0.0995 e. The molecule has 0 aliphatic carbocycles. The highest BCUT2D eigenvalue weighted by atomic mass is 31.2. The van der Waals surface area contributed by atoms with Crippen LogP contribution in [0.3, 0.4) is 0 Å². The quantitative estimate of drug-likeness (QED) is 0.547. The van der Waals surface area contributed by atoms with Crippen LogP contribution in [-0.2, 0) is 0 Å². The van der Waals surface area contributed by atoms with E-state index in [0.29, 0.717) is 0 Å². The van der Waals surface area contributed by atoms with Crippen LogP contribution < -0.4 is 10.6 Å². The molecule has 0 saturated heterocycles. The van der Waals surface area contributed by atoms with Crippen molar-refractivity contribution in [3.05, 3.63) is 86.0 Å². The van der Waals surface area contributed by atoms with Gasteiger partial charge in [0, 0.05) is 0 Å². The van der Waals surface area contributed by atoms with Crippen molar-refractivity contribution < 1.29 is 0 Å². The molecule has 0 saturated carbocycles. The summed E-state index contributed by atoms with van der Waals surface area (Å²) >= 11 is 0. The fourth-order valence-electron chi connectivity index (χ4n) is 2.51. The maximum absolute atomic E-state index is 3.97. The maximum atomic E-state index is 3.97. The fourth-order valence-corrected chi connectivity index (χ4v) is 6.17. The van der Waals surface area contributed by atoms with E-state index in [9.17, 15) is 0 Å². The van der Waals surface area contributed by atoms with Crippen LogP contribution in [0.5, 0.6) is 0 Å². The Morgan fingerprint density at radius 2 is 1.05 bits per heavy atom. The van der Waals surface area contributed by atoms with Gasteiger partial charge in [0.25, 0.3) is 0 Å². The van der Waals surface area contributed by atoms with Gasteiger partial charge in [-0.15, -0.1) is 0 Å². The van der Waals surface area contributed by atoms with Crippen LogP contribution in [0.25, 0.3) is 0 Å². The van der Waals surface area contributed by atoms with Crippen molar-refractivity contribution in [3.63, 3.8) is 0 Å². The Kier molecular flexibility index (Phi) is 4.71. The first-order valence-electron chi connectivity index (χ1n) is 6.53. The molecule has 0 aliphatic rings. The third kappa shape index (κ3) is 2.85. The van der Waals surface area contributed by atoms with E-state index < -0.39 is 7.26 Å². The Balaban J connectivity index is 2.60. The monoisotopic (exact) mass is 267 g/mol. The van der Waals surface area contributed by atoms with Crippen molar-refractivity contribution in [2.24, 2.45) is 0 Å². The molecule has 0 aromatic heterocycles. The zero-order chi connectivity index (χ0) is 13.6. The Morgan fingerprint density at radius 3 is 1.37 bits per heavy atom. The van der Waals surface area contributed by atoms with Gasteiger partial charge in [-0.25, -0.2) is 0 Å². The molecule has 0 fully saturated rings. The molecule has 0 unspecified atom stereocenters. The highest BCUT2D eigenvalue weighted by Gasteiger charge is 2.39. The summed E-state index contributed by atoms with van der Waals surface area (Å²) in [4.78, 5) is 0. The fraction of sp³-hybridized carbons (Fsp3) is 0.111. The zero-order valence-electron chi connectivity index (χ0n) is 11.2. The Bertz CT molecular complexity index is 477. The third-order valence-electron chi connectivity index (χ3n) is 3.38. The lowest BCUT2D eigenvalue weighted by atomic mass is 10.4. The van der Waals surface area contributed by atoms with Crippen LogP contribution in [-0.4, -0.2) is 12.3 Å². The van der Waals surface area contributed by atoms with E-state index in [2.05, 4.69) is 86.0 Å². The SMILES string of the molecule is C=CC[P+](CC=C)(c1ccccc1)c1ccccc1. The lowest BCUT2D eigenvalue weighted by Crippen LogP contribution is -2.26. The predicted molar refractivity (Wildman–Crippen MR) is 89.2 cm³/mol. The summed E-state index contributed by atoms with van der Waals surface area (Å²) in [5.41, 5.74) is 0. The molecule has 0 spiro atoms. The molecule has 96 valence electrons. The lowest BCUT2D eigenvalue weighted by molar-refractivity contribution is 1.60. The van der Waals surface area contributed by atoms with Crippen molar-refractivity contribution in [2.45, 2.75) is 0 Å². The summed E-state index contributed by atoms with van der Waals surface area (Å²) in [7, 11) is -1.44. The smallest absolute Gasteiger partial charge is 0.0995 e. The number of hydrogen-bond donors (Lipinski definition) is 0. The maximum Gasteiger partial charge on any atom is 0.0998 e. The van der Waals surface area contributed by atoms with E-state index in [-0.39, 0.29) is 0 Å². The first-order valence-corrected chi connectivity index (χ1v) is 8.69. The molecule has 0 N–H and O–H groups in total. The minimum atomic E-state index is -1.44. The molecule has 2 aromatic rings. The van der Waals surface area contributed by atoms with Crippen molar-refractivity contribution in [1.82, 2.24) is 0 Å². The molecule has 2 rings (SSSR count). The second-order valence-corrected chi connectivity index (χ2v) is 8.28. The molecule has 2 aromatic carbocycles. The summed E-state index contributed by atoms with van der Waals surface area (Å²) in [5, 5.41) is 2.86. The van der Waals surface area contributed by atoms with Crippen LogP contribution in [0.4, 0.5) is 0 Å². The van der Waals surface area contributed by atoms with E-state index in [1.54, 1.807) is 0 Å². The molecule has 0 bridgehead atoms. The average Bonchev–Trinajstić information content (AvgIpc) is 2.49. The highest BCUT2D eigenvalue weighted by molar-refractivity contribution is 7.89. The Labute approximate surface area is 116 Å². The number of allylic oxidation sites excluding steroid dienone is 2. The van der Waals surface area contributed by atoms with E-state index in [0.717, 1.165) is 12.3 Å². The van der Waals surface area contributed by atoms with Gasteiger partial charge in [0.2, 0.25) is 0 Å². The third-order valence-corrected chi connectivity index (χ3v) is 7.72. The van der Waals surface area contributed by atoms with Gasteiger partial charge in [0.15, 0.2) is 0 Å².